The van der Waals surface area contributed by atoms with Gasteiger partial charge in [-0.2, -0.15) is 11.3 Å². The molecular weight excluding hydrogens is 312 g/mol. The number of sulfone groups is 1. The molecule has 0 atom stereocenters. The number of methoxy groups -OCH3 is 1. The lowest BCUT2D eigenvalue weighted by molar-refractivity contribution is 0.0693. The predicted octanol–water partition coefficient (Wildman–Crippen LogP) is 2.47. The Morgan fingerprint density at radius 3 is 2.67 bits per heavy atom. The van der Waals surface area contributed by atoms with Crippen molar-refractivity contribution in [3.8, 4) is 5.75 Å². The number of hydrogen-bond acceptors (Lipinski definition) is 5. The number of thiophene rings is 1. The number of aromatic carboxylic acids is 1. The van der Waals surface area contributed by atoms with Crippen molar-refractivity contribution in [2.45, 2.75) is 11.3 Å². The van der Waals surface area contributed by atoms with Crippen molar-refractivity contribution in [2.75, 3.05) is 12.9 Å². The highest BCUT2D eigenvalue weighted by atomic mass is 32.2. The molecule has 0 aliphatic heterocycles. The van der Waals surface area contributed by atoms with Gasteiger partial charge in [-0.1, -0.05) is 0 Å². The first-order valence-corrected chi connectivity index (χ1v) is 8.68. The Morgan fingerprint density at radius 2 is 2.10 bits per heavy atom. The summed E-state index contributed by atoms with van der Waals surface area (Å²) in [6, 6.07) is 5.75. The van der Waals surface area contributed by atoms with E-state index >= 15 is 0 Å². The van der Waals surface area contributed by atoms with E-state index in [4.69, 9.17) is 9.84 Å². The second kappa shape index (κ2) is 6.28. The molecule has 0 amide bonds. The van der Waals surface area contributed by atoms with Gasteiger partial charge >= 0.3 is 5.97 Å². The number of hydrogen-bond donors (Lipinski definition) is 1. The minimum atomic E-state index is -3.53. The molecule has 1 aromatic heterocycles. The normalized spacial score (nSPS) is 11.3. The summed E-state index contributed by atoms with van der Waals surface area (Å²) in [7, 11) is -2.19. The fraction of sp³-hybridized carbons (Fsp3) is 0.214. The molecule has 0 unspecified atom stereocenters. The van der Waals surface area contributed by atoms with Gasteiger partial charge < -0.3 is 9.84 Å². The SMILES string of the molecule is COc1ccc(S(=O)(=O)CCc2ccsc2)cc1C(=O)O. The maximum atomic E-state index is 12.3. The van der Waals surface area contributed by atoms with E-state index in [1.54, 1.807) is 0 Å². The lowest BCUT2D eigenvalue weighted by Gasteiger charge is -2.08. The topological polar surface area (TPSA) is 80.7 Å². The maximum absolute atomic E-state index is 12.3. The third kappa shape index (κ3) is 3.62. The quantitative estimate of drug-likeness (QED) is 0.882. The molecule has 0 radical (unpaired) electrons. The first kappa shape index (κ1) is 15.5. The second-order valence-corrected chi connectivity index (χ2v) is 7.26. The van der Waals surface area contributed by atoms with Crippen molar-refractivity contribution in [1.29, 1.82) is 0 Å². The summed E-state index contributed by atoms with van der Waals surface area (Å²) in [6.45, 7) is 0. The number of benzene rings is 1. The van der Waals surface area contributed by atoms with Crippen LogP contribution in [0.25, 0.3) is 0 Å². The largest absolute Gasteiger partial charge is 0.496 e. The number of carboxylic acids is 1. The average molecular weight is 326 g/mol. The van der Waals surface area contributed by atoms with Crippen molar-refractivity contribution in [3.05, 3.63) is 46.2 Å². The fourth-order valence-corrected chi connectivity index (χ4v) is 3.87. The molecule has 2 rings (SSSR count). The molecule has 0 fully saturated rings. The van der Waals surface area contributed by atoms with Crippen molar-refractivity contribution in [1.82, 2.24) is 0 Å². The summed E-state index contributed by atoms with van der Waals surface area (Å²) in [5.41, 5.74) is 0.796. The molecule has 1 N–H and O–H groups in total. The van der Waals surface area contributed by atoms with E-state index in [-0.39, 0.29) is 22.0 Å². The van der Waals surface area contributed by atoms with Gasteiger partial charge in [-0.3, -0.25) is 0 Å². The van der Waals surface area contributed by atoms with Crippen LogP contribution < -0.4 is 4.74 Å². The number of aryl methyl sites for hydroxylation is 1. The van der Waals surface area contributed by atoms with Crippen molar-refractivity contribution in [3.63, 3.8) is 0 Å². The zero-order chi connectivity index (χ0) is 15.5. The highest BCUT2D eigenvalue weighted by molar-refractivity contribution is 7.91. The molecule has 0 bridgehead atoms. The standard InChI is InChI=1S/C14H14O5S2/c1-19-13-3-2-11(8-12(13)14(15)16)21(17,18)7-5-10-4-6-20-9-10/h2-4,6,8-9H,5,7H2,1H3,(H,15,16). The molecule has 21 heavy (non-hydrogen) atoms. The molecular formula is C14H14O5S2. The summed E-state index contributed by atoms with van der Waals surface area (Å²) >= 11 is 1.51. The third-order valence-electron chi connectivity index (χ3n) is 3.00. The molecule has 0 saturated carbocycles. The molecule has 0 aliphatic carbocycles. The Bertz CT molecular complexity index is 733. The number of rotatable bonds is 6. The van der Waals surface area contributed by atoms with Crippen LogP contribution in [0.3, 0.4) is 0 Å². The molecule has 2 aromatic rings. The van der Waals surface area contributed by atoms with E-state index in [1.165, 1.54) is 30.6 Å². The van der Waals surface area contributed by atoms with Gasteiger partial charge in [-0.25, -0.2) is 13.2 Å². The summed E-state index contributed by atoms with van der Waals surface area (Å²) in [4.78, 5) is 11.1. The maximum Gasteiger partial charge on any atom is 0.339 e. The molecule has 0 aliphatic rings. The monoisotopic (exact) mass is 326 g/mol. The highest BCUT2D eigenvalue weighted by Crippen LogP contribution is 2.23. The van der Waals surface area contributed by atoms with Gasteiger partial charge in [0.1, 0.15) is 11.3 Å². The Balaban J connectivity index is 2.27. The molecule has 0 spiro atoms. The Kier molecular flexibility index (Phi) is 4.64. The van der Waals surface area contributed by atoms with Crippen molar-refractivity contribution >= 4 is 27.1 Å². The van der Waals surface area contributed by atoms with Crippen LogP contribution in [0, 0.1) is 0 Å². The van der Waals surface area contributed by atoms with E-state index in [0.717, 1.165) is 11.6 Å². The number of carbonyl (C=O) groups is 1. The lowest BCUT2D eigenvalue weighted by atomic mass is 10.2. The Hall–Kier alpha value is -1.86. The number of ether oxygens (including phenoxy) is 1. The van der Waals surface area contributed by atoms with Crippen LogP contribution in [0.15, 0.2) is 39.9 Å². The lowest BCUT2D eigenvalue weighted by Crippen LogP contribution is -2.11. The van der Waals surface area contributed by atoms with Gasteiger partial charge in [0.2, 0.25) is 0 Å². The summed E-state index contributed by atoms with van der Waals surface area (Å²) in [5.74, 6) is -1.14. The first-order chi connectivity index (χ1) is 9.94. The minimum absolute atomic E-state index is 0.00377. The van der Waals surface area contributed by atoms with Gasteiger partial charge in [0.05, 0.1) is 17.8 Å². The minimum Gasteiger partial charge on any atom is -0.496 e. The molecule has 1 aromatic carbocycles. The molecule has 1 heterocycles. The third-order valence-corrected chi connectivity index (χ3v) is 5.45. The number of carboxylic acid groups (broad SMARTS) is 1. The van der Waals surface area contributed by atoms with Crippen LogP contribution in [0.2, 0.25) is 0 Å². The predicted molar refractivity (Wildman–Crippen MR) is 80.0 cm³/mol. The van der Waals surface area contributed by atoms with Gasteiger partial charge in [-0.15, -0.1) is 0 Å². The van der Waals surface area contributed by atoms with Crippen LogP contribution in [0.5, 0.6) is 5.75 Å². The smallest absolute Gasteiger partial charge is 0.339 e. The summed E-state index contributed by atoms with van der Waals surface area (Å²) in [6.07, 6.45) is 0.403. The van der Waals surface area contributed by atoms with E-state index in [0.29, 0.717) is 6.42 Å². The average Bonchev–Trinajstić information content (AvgIpc) is 2.97. The molecule has 5 nitrogen and oxygen atoms in total. The van der Waals surface area contributed by atoms with E-state index in [2.05, 4.69) is 0 Å². The summed E-state index contributed by atoms with van der Waals surface area (Å²) in [5, 5.41) is 12.9. The van der Waals surface area contributed by atoms with Gasteiger partial charge in [0.25, 0.3) is 0 Å². The second-order valence-electron chi connectivity index (χ2n) is 4.37. The van der Waals surface area contributed by atoms with Crippen LogP contribution >= 0.6 is 11.3 Å². The summed E-state index contributed by atoms with van der Waals surface area (Å²) < 4.78 is 29.5. The fourth-order valence-electron chi connectivity index (χ4n) is 1.85. The molecule has 0 saturated heterocycles. The Labute approximate surface area is 126 Å². The zero-order valence-electron chi connectivity index (χ0n) is 11.3. The van der Waals surface area contributed by atoms with Crippen molar-refractivity contribution < 1.29 is 23.1 Å². The van der Waals surface area contributed by atoms with Gasteiger partial charge in [0.15, 0.2) is 9.84 Å². The molecule has 112 valence electrons. The van der Waals surface area contributed by atoms with E-state index < -0.39 is 15.8 Å². The van der Waals surface area contributed by atoms with Crippen LogP contribution in [0.4, 0.5) is 0 Å². The zero-order valence-corrected chi connectivity index (χ0v) is 12.9. The van der Waals surface area contributed by atoms with E-state index in [1.807, 2.05) is 16.8 Å². The molecule has 7 heteroatoms. The van der Waals surface area contributed by atoms with Gasteiger partial charge in [0, 0.05) is 0 Å². The van der Waals surface area contributed by atoms with Crippen LogP contribution in [-0.2, 0) is 16.3 Å². The van der Waals surface area contributed by atoms with Crippen molar-refractivity contribution in [2.24, 2.45) is 0 Å². The van der Waals surface area contributed by atoms with E-state index in [9.17, 15) is 13.2 Å². The van der Waals surface area contributed by atoms with Crippen LogP contribution in [-0.4, -0.2) is 32.4 Å². The highest BCUT2D eigenvalue weighted by Gasteiger charge is 2.19. The van der Waals surface area contributed by atoms with Gasteiger partial charge in [-0.05, 0) is 47.0 Å². The van der Waals surface area contributed by atoms with Crippen LogP contribution in [0.1, 0.15) is 15.9 Å². The first-order valence-electron chi connectivity index (χ1n) is 6.09. The Morgan fingerprint density at radius 1 is 1.33 bits per heavy atom.